The fourth-order valence-electron chi connectivity index (χ4n) is 3.56. The molecule has 3 amide bonds. The van der Waals surface area contributed by atoms with Crippen LogP contribution in [0.2, 0.25) is 0 Å². The van der Waals surface area contributed by atoms with Crippen molar-refractivity contribution in [2.45, 2.75) is 19.4 Å². The lowest BCUT2D eigenvalue weighted by Gasteiger charge is -2.24. The molecule has 2 aromatic carbocycles. The molecule has 0 aromatic heterocycles. The zero-order valence-electron chi connectivity index (χ0n) is 15.8. The van der Waals surface area contributed by atoms with Crippen molar-refractivity contribution < 1.29 is 19.1 Å². The topological polar surface area (TPSA) is 71.1 Å². The molecule has 1 unspecified atom stereocenters. The third-order valence-corrected chi connectivity index (χ3v) is 4.92. The zero-order chi connectivity index (χ0) is 19.5. The van der Waals surface area contributed by atoms with Crippen LogP contribution in [-0.2, 0) is 4.79 Å². The Morgan fingerprint density at radius 3 is 2.64 bits per heavy atom. The molecule has 2 aliphatic rings. The van der Waals surface area contributed by atoms with Gasteiger partial charge in [0.1, 0.15) is 13.2 Å². The summed E-state index contributed by atoms with van der Waals surface area (Å²) in [6, 6.07) is 14.5. The highest BCUT2D eigenvalue weighted by Gasteiger charge is 2.33. The van der Waals surface area contributed by atoms with Gasteiger partial charge in [0.25, 0.3) is 0 Å². The first-order valence-electron chi connectivity index (χ1n) is 9.49. The molecular formula is C21H23N3O4. The van der Waals surface area contributed by atoms with Gasteiger partial charge in [-0.2, -0.15) is 0 Å². The van der Waals surface area contributed by atoms with Gasteiger partial charge in [-0.1, -0.05) is 18.2 Å². The second-order valence-corrected chi connectivity index (χ2v) is 6.76. The highest BCUT2D eigenvalue weighted by Crippen LogP contribution is 2.35. The Morgan fingerprint density at radius 2 is 1.89 bits per heavy atom. The number of anilines is 2. The lowest BCUT2D eigenvalue weighted by atomic mass is 10.2. The number of carbonyl (C=O) groups excluding carboxylic acids is 2. The third-order valence-electron chi connectivity index (χ3n) is 4.92. The third kappa shape index (κ3) is 3.60. The molecule has 4 rings (SSSR count). The minimum Gasteiger partial charge on any atom is -0.486 e. The van der Waals surface area contributed by atoms with E-state index in [1.807, 2.05) is 55.5 Å². The standard InChI is InChI=1S/C21H23N3O4/c1-2-23(16-6-4-3-5-7-16)21(26)22-15-12-20(25)24(14-15)17-8-9-18-19(13-17)28-11-10-27-18/h3-9,13,15H,2,10-12,14H2,1H3,(H,22,26). The Hall–Kier alpha value is -3.22. The number of carbonyl (C=O) groups is 2. The average Bonchev–Trinajstić information content (AvgIpc) is 3.09. The molecule has 1 saturated heterocycles. The van der Waals surface area contributed by atoms with Crippen LogP contribution in [-0.4, -0.2) is 44.3 Å². The quantitative estimate of drug-likeness (QED) is 0.884. The first-order valence-corrected chi connectivity index (χ1v) is 9.49. The first kappa shape index (κ1) is 18.2. The van der Waals surface area contributed by atoms with E-state index in [0.717, 1.165) is 11.4 Å². The fourth-order valence-corrected chi connectivity index (χ4v) is 3.56. The van der Waals surface area contributed by atoms with Gasteiger partial charge in [0.2, 0.25) is 5.91 Å². The van der Waals surface area contributed by atoms with Crippen LogP contribution in [0.5, 0.6) is 11.5 Å². The molecule has 7 heteroatoms. The van der Waals surface area contributed by atoms with Gasteiger partial charge in [-0.3, -0.25) is 9.69 Å². The summed E-state index contributed by atoms with van der Waals surface area (Å²) in [6.45, 7) is 3.92. The van der Waals surface area contributed by atoms with Crippen LogP contribution in [0.1, 0.15) is 13.3 Å². The molecule has 146 valence electrons. The van der Waals surface area contributed by atoms with Crippen molar-refractivity contribution in [3.8, 4) is 11.5 Å². The van der Waals surface area contributed by atoms with Crippen molar-refractivity contribution in [3.63, 3.8) is 0 Å². The lowest BCUT2D eigenvalue weighted by molar-refractivity contribution is -0.117. The minimum atomic E-state index is -0.244. The molecule has 0 saturated carbocycles. The SMILES string of the molecule is CCN(C(=O)NC1CC(=O)N(c2ccc3c(c2)OCCO3)C1)c1ccccc1. The van der Waals surface area contributed by atoms with E-state index in [0.29, 0.717) is 37.8 Å². The predicted molar refractivity (Wildman–Crippen MR) is 106 cm³/mol. The Kier molecular flexibility index (Phi) is 5.06. The molecule has 1 N–H and O–H groups in total. The number of hydrogen-bond donors (Lipinski definition) is 1. The number of nitrogens with one attached hydrogen (secondary N) is 1. The Balaban J connectivity index is 1.44. The molecule has 0 bridgehead atoms. The van der Waals surface area contributed by atoms with Gasteiger partial charge in [0.15, 0.2) is 11.5 Å². The van der Waals surface area contributed by atoms with E-state index in [-0.39, 0.29) is 24.4 Å². The van der Waals surface area contributed by atoms with Gasteiger partial charge in [0, 0.05) is 37.0 Å². The van der Waals surface area contributed by atoms with E-state index < -0.39 is 0 Å². The molecule has 0 aliphatic carbocycles. The van der Waals surface area contributed by atoms with E-state index in [1.54, 1.807) is 9.80 Å². The van der Waals surface area contributed by atoms with E-state index in [4.69, 9.17) is 9.47 Å². The maximum Gasteiger partial charge on any atom is 0.322 e. The molecule has 0 spiro atoms. The minimum absolute atomic E-state index is 0.0234. The van der Waals surface area contributed by atoms with Crippen LogP contribution < -0.4 is 24.6 Å². The second kappa shape index (κ2) is 7.80. The summed E-state index contributed by atoms with van der Waals surface area (Å²) in [5.41, 5.74) is 1.58. The zero-order valence-corrected chi connectivity index (χ0v) is 15.8. The van der Waals surface area contributed by atoms with E-state index >= 15 is 0 Å². The normalized spacial score (nSPS) is 18.1. The Labute approximate surface area is 163 Å². The van der Waals surface area contributed by atoms with Crippen LogP contribution in [0.15, 0.2) is 48.5 Å². The molecule has 0 radical (unpaired) electrons. The van der Waals surface area contributed by atoms with Gasteiger partial charge in [0.05, 0.1) is 6.04 Å². The van der Waals surface area contributed by atoms with Crippen molar-refractivity contribution in [1.82, 2.24) is 5.32 Å². The molecule has 1 atom stereocenters. The smallest absolute Gasteiger partial charge is 0.322 e. The summed E-state index contributed by atoms with van der Waals surface area (Å²) >= 11 is 0. The van der Waals surface area contributed by atoms with Crippen molar-refractivity contribution in [2.75, 3.05) is 36.1 Å². The lowest BCUT2D eigenvalue weighted by Crippen LogP contribution is -2.46. The van der Waals surface area contributed by atoms with Crippen molar-refractivity contribution in [1.29, 1.82) is 0 Å². The number of para-hydroxylation sites is 1. The largest absolute Gasteiger partial charge is 0.486 e. The highest BCUT2D eigenvalue weighted by atomic mass is 16.6. The van der Waals surface area contributed by atoms with Crippen LogP contribution >= 0.6 is 0 Å². The van der Waals surface area contributed by atoms with Gasteiger partial charge in [-0.05, 0) is 31.2 Å². The van der Waals surface area contributed by atoms with Gasteiger partial charge < -0.3 is 19.7 Å². The summed E-state index contributed by atoms with van der Waals surface area (Å²) in [5.74, 6) is 1.31. The summed E-state index contributed by atoms with van der Waals surface area (Å²) in [7, 11) is 0. The Morgan fingerprint density at radius 1 is 1.14 bits per heavy atom. The molecule has 1 fully saturated rings. The number of ether oxygens (including phenoxy) is 2. The van der Waals surface area contributed by atoms with Gasteiger partial charge in [-0.25, -0.2) is 4.79 Å². The number of benzene rings is 2. The summed E-state index contributed by atoms with van der Waals surface area (Å²) in [6.07, 6.45) is 0.270. The second-order valence-electron chi connectivity index (χ2n) is 6.76. The van der Waals surface area contributed by atoms with Crippen LogP contribution in [0.3, 0.4) is 0 Å². The van der Waals surface area contributed by atoms with Gasteiger partial charge >= 0.3 is 6.03 Å². The predicted octanol–water partition coefficient (Wildman–Crippen LogP) is 2.80. The van der Waals surface area contributed by atoms with Crippen molar-refractivity contribution in [2.24, 2.45) is 0 Å². The average molecular weight is 381 g/mol. The highest BCUT2D eigenvalue weighted by molar-refractivity contribution is 5.98. The van der Waals surface area contributed by atoms with Crippen LogP contribution in [0.4, 0.5) is 16.2 Å². The van der Waals surface area contributed by atoms with E-state index in [1.165, 1.54) is 0 Å². The maximum atomic E-state index is 12.7. The summed E-state index contributed by atoms with van der Waals surface area (Å²) in [5, 5.41) is 2.99. The number of urea groups is 1. The van der Waals surface area contributed by atoms with E-state index in [2.05, 4.69) is 5.32 Å². The number of fused-ring (bicyclic) bond motifs is 1. The molecule has 7 nitrogen and oxygen atoms in total. The fraction of sp³-hybridized carbons (Fsp3) is 0.333. The monoisotopic (exact) mass is 381 g/mol. The van der Waals surface area contributed by atoms with Crippen molar-refractivity contribution >= 4 is 23.3 Å². The van der Waals surface area contributed by atoms with Crippen molar-refractivity contribution in [3.05, 3.63) is 48.5 Å². The number of nitrogens with zero attached hydrogens (tertiary/aromatic N) is 2. The number of hydrogen-bond acceptors (Lipinski definition) is 4. The molecule has 2 aliphatic heterocycles. The molecular weight excluding hydrogens is 358 g/mol. The van der Waals surface area contributed by atoms with E-state index in [9.17, 15) is 9.59 Å². The molecule has 2 aromatic rings. The summed E-state index contributed by atoms with van der Waals surface area (Å²) < 4.78 is 11.1. The number of amides is 3. The molecule has 28 heavy (non-hydrogen) atoms. The van der Waals surface area contributed by atoms with Gasteiger partial charge in [-0.15, -0.1) is 0 Å². The number of rotatable bonds is 4. The molecule has 2 heterocycles. The van der Waals surface area contributed by atoms with Crippen LogP contribution in [0.25, 0.3) is 0 Å². The summed E-state index contributed by atoms with van der Waals surface area (Å²) in [4.78, 5) is 28.6. The maximum absolute atomic E-state index is 12.7. The first-order chi connectivity index (χ1) is 13.7. The van der Waals surface area contributed by atoms with Crippen LogP contribution in [0, 0.1) is 0 Å². The Bertz CT molecular complexity index is 871.